The van der Waals surface area contributed by atoms with Gasteiger partial charge in [-0.15, -0.1) is 0 Å². The molecule has 2 aromatic carbocycles. The second-order valence-corrected chi connectivity index (χ2v) is 5.54. The van der Waals surface area contributed by atoms with Gasteiger partial charge in [0.1, 0.15) is 0 Å². The highest BCUT2D eigenvalue weighted by Crippen LogP contribution is 2.22. The van der Waals surface area contributed by atoms with Crippen LogP contribution in [0.15, 0.2) is 48.5 Å². The van der Waals surface area contributed by atoms with E-state index in [2.05, 4.69) is 5.32 Å². The maximum Gasteiger partial charge on any atom is 0.244 e. The van der Waals surface area contributed by atoms with Crippen LogP contribution in [-0.2, 0) is 11.3 Å². The minimum Gasteiger partial charge on any atom is -0.348 e. The zero-order valence-corrected chi connectivity index (χ0v) is 13.2. The first-order valence-electron chi connectivity index (χ1n) is 6.20. The third kappa shape index (κ3) is 4.78. The molecule has 2 rings (SSSR count). The van der Waals surface area contributed by atoms with E-state index in [9.17, 15) is 4.79 Å². The van der Waals surface area contributed by atoms with Crippen molar-refractivity contribution in [3.8, 4) is 0 Å². The average Bonchev–Trinajstić information content (AvgIpc) is 2.47. The van der Waals surface area contributed by atoms with Crippen molar-refractivity contribution >= 4 is 46.8 Å². The summed E-state index contributed by atoms with van der Waals surface area (Å²) in [4.78, 5) is 11.8. The number of amides is 1. The molecule has 2 nitrogen and oxygen atoms in total. The molecule has 0 aliphatic rings. The van der Waals surface area contributed by atoms with Crippen LogP contribution >= 0.6 is 34.8 Å². The van der Waals surface area contributed by atoms with Crippen molar-refractivity contribution in [2.75, 3.05) is 0 Å². The fourth-order valence-electron chi connectivity index (χ4n) is 1.67. The minimum absolute atomic E-state index is 0.207. The Balaban J connectivity index is 1.93. The van der Waals surface area contributed by atoms with Crippen LogP contribution in [-0.4, -0.2) is 5.91 Å². The maximum atomic E-state index is 11.8. The molecular formula is C16H12Cl3NO. The SMILES string of the molecule is O=C(/C=C/c1ccccc1Cl)NCc1ccc(Cl)c(Cl)c1. The molecule has 0 fully saturated rings. The van der Waals surface area contributed by atoms with Gasteiger partial charge in [0.15, 0.2) is 0 Å². The minimum atomic E-state index is -0.207. The molecule has 0 heterocycles. The van der Waals surface area contributed by atoms with Gasteiger partial charge in [-0.1, -0.05) is 59.1 Å². The summed E-state index contributed by atoms with van der Waals surface area (Å²) in [5, 5.41) is 4.33. The molecular weight excluding hydrogens is 329 g/mol. The normalized spacial score (nSPS) is 10.8. The molecule has 0 bridgehead atoms. The van der Waals surface area contributed by atoms with Crippen LogP contribution in [0.25, 0.3) is 6.08 Å². The lowest BCUT2D eigenvalue weighted by Crippen LogP contribution is -2.20. The van der Waals surface area contributed by atoms with Crippen molar-refractivity contribution in [2.24, 2.45) is 0 Å². The smallest absolute Gasteiger partial charge is 0.244 e. The van der Waals surface area contributed by atoms with E-state index in [1.165, 1.54) is 6.08 Å². The highest BCUT2D eigenvalue weighted by molar-refractivity contribution is 6.42. The maximum absolute atomic E-state index is 11.8. The molecule has 0 saturated carbocycles. The number of carbonyl (C=O) groups is 1. The van der Waals surface area contributed by atoms with Gasteiger partial charge in [0.2, 0.25) is 5.91 Å². The molecule has 0 aliphatic heterocycles. The van der Waals surface area contributed by atoms with Crippen molar-refractivity contribution in [3.63, 3.8) is 0 Å². The summed E-state index contributed by atoms with van der Waals surface area (Å²) in [5.41, 5.74) is 1.67. The first-order chi connectivity index (χ1) is 10.1. The number of rotatable bonds is 4. The van der Waals surface area contributed by atoms with Gasteiger partial charge >= 0.3 is 0 Å². The van der Waals surface area contributed by atoms with Gasteiger partial charge in [-0.05, 0) is 35.4 Å². The first-order valence-corrected chi connectivity index (χ1v) is 7.34. The Labute approximate surface area is 138 Å². The monoisotopic (exact) mass is 339 g/mol. The molecule has 1 N–H and O–H groups in total. The van der Waals surface area contributed by atoms with E-state index in [1.54, 1.807) is 24.3 Å². The van der Waals surface area contributed by atoms with Crippen LogP contribution < -0.4 is 5.32 Å². The molecule has 0 aliphatic carbocycles. The van der Waals surface area contributed by atoms with Crippen molar-refractivity contribution < 1.29 is 4.79 Å². The predicted octanol–water partition coefficient (Wildman–Crippen LogP) is 4.98. The third-order valence-corrected chi connectivity index (χ3v) is 3.85. The van der Waals surface area contributed by atoms with Crippen LogP contribution in [0.4, 0.5) is 0 Å². The highest BCUT2D eigenvalue weighted by atomic mass is 35.5. The fourth-order valence-corrected chi connectivity index (χ4v) is 2.19. The Kier molecular flexibility index (Phi) is 5.68. The van der Waals surface area contributed by atoms with Gasteiger partial charge in [-0.3, -0.25) is 4.79 Å². The van der Waals surface area contributed by atoms with Crippen molar-refractivity contribution in [1.82, 2.24) is 5.32 Å². The Bertz CT molecular complexity index is 683. The molecule has 0 unspecified atom stereocenters. The van der Waals surface area contributed by atoms with Crippen molar-refractivity contribution in [1.29, 1.82) is 0 Å². The Morgan fingerprint density at radius 3 is 2.48 bits per heavy atom. The molecule has 0 aromatic heterocycles. The zero-order chi connectivity index (χ0) is 15.2. The van der Waals surface area contributed by atoms with Crippen molar-refractivity contribution in [2.45, 2.75) is 6.54 Å². The summed E-state index contributed by atoms with van der Waals surface area (Å²) in [5.74, 6) is -0.207. The number of benzene rings is 2. The topological polar surface area (TPSA) is 29.1 Å². The molecule has 0 radical (unpaired) electrons. The van der Waals surface area contributed by atoms with Gasteiger partial charge < -0.3 is 5.32 Å². The van der Waals surface area contributed by atoms with Crippen LogP contribution in [0, 0.1) is 0 Å². The molecule has 0 spiro atoms. The number of hydrogen-bond donors (Lipinski definition) is 1. The Hall–Kier alpha value is -1.48. The summed E-state index contributed by atoms with van der Waals surface area (Å²) in [6.07, 6.45) is 3.12. The van der Waals surface area contributed by atoms with Crippen molar-refractivity contribution in [3.05, 3.63) is 74.7 Å². The standard InChI is InChI=1S/C16H12Cl3NO/c17-13-4-2-1-3-12(13)6-8-16(21)20-10-11-5-7-14(18)15(19)9-11/h1-9H,10H2,(H,20,21)/b8-6+. The van der Waals surface area contributed by atoms with Crippen LogP contribution in [0.5, 0.6) is 0 Å². The summed E-state index contributed by atoms with van der Waals surface area (Å²) < 4.78 is 0. The summed E-state index contributed by atoms with van der Waals surface area (Å²) in [6, 6.07) is 12.5. The third-order valence-electron chi connectivity index (χ3n) is 2.77. The van der Waals surface area contributed by atoms with Crippen LogP contribution in [0.1, 0.15) is 11.1 Å². The number of halogens is 3. The van der Waals surface area contributed by atoms with E-state index in [0.29, 0.717) is 21.6 Å². The lowest BCUT2D eigenvalue weighted by atomic mass is 10.2. The molecule has 5 heteroatoms. The Morgan fingerprint density at radius 1 is 1.00 bits per heavy atom. The summed E-state index contributed by atoms with van der Waals surface area (Å²) in [7, 11) is 0. The quantitative estimate of drug-likeness (QED) is 0.782. The lowest BCUT2D eigenvalue weighted by molar-refractivity contribution is -0.116. The number of hydrogen-bond acceptors (Lipinski definition) is 1. The van der Waals surface area contributed by atoms with Gasteiger partial charge in [-0.25, -0.2) is 0 Å². The van der Waals surface area contributed by atoms with E-state index in [0.717, 1.165) is 11.1 Å². The zero-order valence-electron chi connectivity index (χ0n) is 10.9. The molecule has 21 heavy (non-hydrogen) atoms. The fraction of sp³-hybridized carbons (Fsp3) is 0.0625. The second-order valence-electron chi connectivity index (χ2n) is 4.32. The largest absolute Gasteiger partial charge is 0.348 e. The van der Waals surface area contributed by atoms with Crippen LogP contribution in [0.2, 0.25) is 15.1 Å². The van der Waals surface area contributed by atoms with Gasteiger partial charge in [0.05, 0.1) is 10.0 Å². The second kappa shape index (κ2) is 7.51. The van der Waals surface area contributed by atoms with E-state index in [-0.39, 0.29) is 5.91 Å². The molecule has 2 aromatic rings. The van der Waals surface area contributed by atoms with E-state index < -0.39 is 0 Å². The predicted molar refractivity (Wildman–Crippen MR) is 88.8 cm³/mol. The average molecular weight is 341 g/mol. The van der Waals surface area contributed by atoms with Gasteiger partial charge in [0.25, 0.3) is 0 Å². The Morgan fingerprint density at radius 2 is 1.76 bits per heavy atom. The molecule has 0 saturated heterocycles. The highest BCUT2D eigenvalue weighted by Gasteiger charge is 2.01. The molecule has 108 valence electrons. The first kappa shape index (κ1) is 15.9. The van der Waals surface area contributed by atoms with E-state index >= 15 is 0 Å². The van der Waals surface area contributed by atoms with Gasteiger partial charge in [0, 0.05) is 17.6 Å². The summed E-state index contributed by atoms with van der Waals surface area (Å²) >= 11 is 17.7. The number of carbonyl (C=O) groups excluding carboxylic acids is 1. The van der Waals surface area contributed by atoms with E-state index in [1.807, 2.05) is 24.3 Å². The molecule has 0 atom stereocenters. The molecule has 1 amide bonds. The van der Waals surface area contributed by atoms with Crippen LogP contribution in [0.3, 0.4) is 0 Å². The van der Waals surface area contributed by atoms with Gasteiger partial charge in [-0.2, -0.15) is 0 Å². The van der Waals surface area contributed by atoms with E-state index in [4.69, 9.17) is 34.8 Å². The summed E-state index contributed by atoms with van der Waals surface area (Å²) in [6.45, 7) is 0.378. The number of nitrogens with one attached hydrogen (secondary N) is 1. The lowest BCUT2D eigenvalue weighted by Gasteiger charge is -2.04.